The first-order chi connectivity index (χ1) is 17.4. The Labute approximate surface area is 208 Å². The van der Waals surface area contributed by atoms with Gasteiger partial charge in [0.05, 0.1) is 17.2 Å². The maximum absolute atomic E-state index is 12.0. The monoisotopic (exact) mass is 481 g/mol. The third-order valence-corrected chi connectivity index (χ3v) is 7.18. The zero-order chi connectivity index (χ0) is 24.9. The molecule has 1 atom stereocenters. The number of hydrogen-bond donors (Lipinski definition) is 1. The first-order valence-corrected chi connectivity index (χ1v) is 12.0. The molecule has 1 amide bonds. The summed E-state index contributed by atoms with van der Waals surface area (Å²) in [7, 11) is 3.44. The third kappa shape index (κ3) is 3.86. The number of nitrogens with one attached hydrogen (secondary N) is 1. The van der Waals surface area contributed by atoms with Crippen molar-refractivity contribution in [1.29, 1.82) is 0 Å². The number of rotatable bonds is 7. The van der Waals surface area contributed by atoms with Gasteiger partial charge in [-0.1, -0.05) is 29.4 Å². The number of benzene rings is 1. The van der Waals surface area contributed by atoms with Gasteiger partial charge in [-0.2, -0.15) is 10.1 Å². The summed E-state index contributed by atoms with van der Waals surface area (Å²) in [6, 6.07) is 12.8. The molecule has 0 saturated heterocycles. The van der Waals surface area contributed by atoms with Gasteiger partial charge in [-0.05, 0) is 48.9 Å². The number of fused-ring (bicyclic) bond motifs is 1. The lowest BCUT2D eigenvalue weighted by Crippen LogP contribution is -2.28. The van der Waals surface area contributed by atoms with Crippen molar-refractivity contribution in [1.82, 2.24) is 34.8 Å². The summed E-state index contributed by atoms with van der Waals surface area (Å²) in [6.07, 6.45) is 9.46. The number of nitrogens with zero attached hydrogens (tertiary/aromatic N) is 6. The van der Waals surface area contributed by atoms with Crippen molar-refractivity contribution in [3.8, 4) is 22.6 Å². The highest BCUT2D eigenvalue weighted by molar-refractivity contribution is 5.81. The summed E-state index contributed by atoms with van der Waals surface area (Å²) in [5, 5.41) is 9.77. The molecule has 1 N–H and O–H groups in total. The van der Waals surface area contributed by atoms with Gasteiger partial charge in [0.2, 0.25) is 5.91 Å². The lowest BCUT2D eigenvalue weighted by Gasteiger charge is -2.27. The number of likely N-dealkylation sites (N-methyl/N-ethyl adjacent to an activating group) is 1. The summed E-state index contributed by atoms with van der Waals surface area (Å²) >= 11 is 0. The van der Waals surface area contributed by atoms with Crippen LogP contribution < -0.4 is 0 Å². The molecule has 0 spiro atoms. The lowest BCUT2D eigenvalue weighted by atomic mass is 9.76. The Bertz CT molecular complexity index is 1540. The van der Waals surface area contributed by atoms with Crippen LogP contribution in [0.15, 0.2) is 65.7 Å². The van der Waals surface area contributed by atoms with Crippen molar-refractivity contribution >= 4 is 16.9 Å². The Morgan fingerprint density at radius 3 is 2.69 bits per heavy atom. The minimum absolute atomic E-state index is 0.0376. The van der Waals surface area contributed by atoms with Crippen LogP contribution >= 0.6 is 0 Å². The van der Waals surface area contributed by atoms with E-state index in [9.17, 15) is 4.79 Å². The first-order valence-electron chi connectivity index (χ1n) is 12.0. The van der Waals surface area contributed by atoms with E-state index < -0.39 is 0 Å². The van der Waals surface area contributed by atoms with E-state index in [-0.39, 0.29) is 17.9 Å². The second-order valence-corrected chi connectivity index (χ2v) is 9.83. The van der Waals surface area contributed by atoms with Crippen LogP contribution in [0.25, 0.3) is 33.6 Å². The number of aromatic amines is 1. The normalized spacial score (nSPS) is 15.2. The molecule has 0 bridgehead atoms. The van der Waals surface area contributed by atoms with Gasteiger partial charge >= 0.3 is 0 Å². The molecule has 9 heteroatoms. The second-order valence-electron chi connectivity index (χ2n) is 9.83. The Kier molecular flexibility index (Phi) is 5.21. The minimum Gasteiger partial charge on any atom is -0.347 e. The average Bonchev–Trinajstić information content (AvgIpc) is 3.24. The second kappa shape index (κ2) is 8.44. The Morgan fingerprint density at radius 2 is 1.94 bits per heavy atom. The van der Waals surface area contributed by atoms with E-state index in [1.54, 1.807) is 31.2 Å². The molecule has 0 radical (unpaired) electrons. The fourth-order valence-electron chi connectivity index (χ4n) is 4.71. The highest BCUT2D eigenvalue weighted by Gasteiger charge is 2.47. The molecule has 1 unspecified atom stereocenters. The van der Waals surface area contributed by atoms with Crippen LogP contribution in [0.1, 0.15) is 31.2 Å². The molecule has 182 valence electrons. The number of carbonyl (C=O) groups is 1. The van der Waals surface area contributed by atoms with Gasteiger partial charge in [0.15, 0.2) is 5.82 Å². The van der Waals surface area contributed by atoms with Gasteiger partial charge in [0, 0.05) is 43.6 Å². The lowest BCUT2D eigenvalue weighted by molar-refractivity contribution is -0.129. The van der Waals surface area contributed by atoms with E-state index in [1.165, 1.54) is 4.90 Å². The summed E-state index contributed by atoms with van der Waals surface area (Å²) in [5.41, 5.74) is 4.57. The van der Waals surface area contributed by atoms with Crippen LogP contribution in [0.3, 0.4) is 0 Å². The molecule has 6 rings (SSSR count). The molecule has 4 aromatic heterocycles. The minimum atomic E-state index is -0.361. The molecule has 5 aromatic rings. The van der Waals surface area contributed by atoms with Crippen molar-refractivity contribution in [3.05, 3.63) is 72.6 Å². The fourth-order valence-corrected chi connectivity index (χ4v) is 4.71. The number of carbonyl (C=O) groups excluding carboxylic acids is 1. The smallest absolute Gasteiger partial charge is 0.261 e. The molecule has 1 fully saturated rings. The third-order valence-electron chi connectivity index (χ3n) is 7.18. The maximum Gasteiger partial charge on any atom is 0.261 e. The van der Waals surface area contributed by atoms with E-state index in [1.807, 2.05) is 18.5 Å². The zero-order valence-corrected chi connectivity index (χ0v) is 20.5. The summed E-state index contributed by atoms with van der Waals surface area (Å²) < 4.78 is 7.25. The summed E-state index contributed by atoms with van der Waals surface area (Å²) in [6.45, 7) is 2.35. The van der Waals surface area contributed by atoms with Crippen molar-refractivity contribution in [3.63, 3.8) is 0 Å². The standard InChI is InChI=1S/C27H27N7O2/c1-27(22-8-9-22,21-6-4-17(5-7-21)19-12-18-10-11-28-24(18)29-13-19)26-31-25(36-32-26)20-14-30-34(15-20)16-23(35)33(2)3/h4-7,10-15,22H,8-9,16H2,1-3H3,(H,28,29). The highest BCUT2D eigenvalue weighted by atomic mass is 16.5. The van der Waals surface area contributed by atoms with Crippen LogP contribution in [-0.4, -0.2) is 54.8 Å². The van der Waals surface area contributed by atoms with Crippen molar-refractivity contribution < 1.29 is 9.32 Å². The summed E-state index contributed by atoms with van der Waals surface area (Å²) in [5.74, 6) is 1.49. The molecular weight excluding hydrogens is 454 g/mol. The van der Waals surface area contributed by atoms with E-state index in [2.05, 4.69) is 57.5 Å². The van der Waals surface area contributed by atoms with Crippen LogP contribution in [0.2, 0.25) is 0 Å². The Balaban J connectivity index is 1.28. The predicted molar refractivity (Wildman–Crippen MR) is 135 cm³/mol. The number of amides is 1. The SMILES string of the molecule is CN(C)C(=O)Cn1cc(-c2nc(C(C)(c3ccc(-c4cnc5[nH]ccc5c4)cc3)C3CC3)no2)cn1. The number of H-pyrrole nitrogens is 1. The number of pyridine rings is 1. The van der Waals surface area contributed by atoms with Gasteiger partial charge in [-0.25, -0.2) is 4.98 Å². The van der Waals surface area contributed by atoms with Crippen LogP contribution in [0, 0.1) is 5.92 Å². The molecule has 1 aliphatic carbocycles. The number of hydrogen-bond acceptors (Lipinski definition) is 6. The van der Waals surface area contributed by atoms with Crippen molar-refractivity contribution in [2.45, 2.75) is 31.7 Å². The van der Waals surface area contributed by atoms with Crippen LogP contribution in [0.4, 0.5) is 0 Å². The Hall–Kier alpha value is -4.27. The molecule has 36 heavy (non-hydrogen) atoms. The van der Waals surface area contributed by atoms with E-state index in [0.717, 1.165) is 40.6 Å². The maximum atomic E-state index is 12.0. The quantitative estimate of drug-likeness (QED) is 0.372. The van der Waals surface area contributed by atoms with Gasteiger partial charge in [0.1, 0.15) is 12.2 Å². The molecule has 4 heterocycles. The van der Waals surface area contributed by atoms with E-state index in [0.29, 0.717) is 23.2 Å². The predicted octanol–water partition coefficient (Wildman–Crippen LogP) is 4.28. The molecule has 1 aromatic carbocycles. The Morgan fingerprint density at radius 1 is 1.14 bits per heavy atom. The number of aromatic nitrogens is 6. The topological polar surface area (TPSA) is 106 Å². The molecule has 1 saturated carbocycles. The summed E-state index contributed by atoms with van der Waals surface area (Å²) in [4.78, 5) is 26.0. The van der Waals surface area contributed by atoms with Crippen LogP contribution in [0.5, 0.6) is 0 Å². The van der Waals surface area contributed by atoms with E-state index >= 15 is 0 Å². The fraction of sp³-hybridized carbons (Fsp3) is 0.296. The molecule has 1 aliphatic rings. The molecular formula is C27H27N7O2. The molecule has 9 nitrogen and oxygen atoms in total. The van der Waals surface area contributed by atoms with E-state index in [4.69, 9.17) is 9.51 Å². The molecule has 0 aliphatic heterocycles. The first kappa shape index (κ1) is 22.2. The van der Waals surface area contributed by atoms with Gasteiger partial charge in [0.25, 0.3) is 5.89 Å². The van der Waals surface area contributed by atoms with Crippen LogP contribution in [-0.2, 0) is 16.8 Å². The highest BCUT2D eigenvalue weighted by Crippen LogP contribution is 2.50. The zero-order valence-electron chi connectivity index (χ0n) is 20.5. The van der Waals surface area contributed by atoms with Gasteiger partial charge in [-0.15, -0.1) is 0 Å². The van der Waals surface area contributed by atoms with Crippen molar-refractivity contribution in [2.75, 3.05) is 14.1 Å². The van der Waals surface area contributed by atoms with Gasteiger partial charge < -0.3 is 14.4 Å². The van der Waals surface area contributed by atoms with Gasteiger partial charge in [-0.3, -0.25) is 9.48 Å². The average molecular weight is 482 g/mol. The van der Waals surface area contributed by atoms with Crippen molar-refractivity contribution in [2.24, 2.45) is 5.92 Å². The largest absolute Gasteiger partial charge is 0.347 e.